The van der Waals surface area contributed by atoms with Crippen LogP contribution >= 0.6 is 23.2 Å². The molecular weight excluding hydrogens is 339 g/mol. The van der Waals surface area contributed by atoms with Gasteiger partial charge in [0.25, 0.3) is 5.91 Å². The van der Waals surface area contributed by atoms with Crippen molar-refractivity contribution in [3.63, 3.8) is 0 Å². The largest absolute Gasteiger partial charge is 0.479 e. The van der Waals surface area contributed by atoms with Crippen molar-refractivity contribution in [1.82, 2.24) is 10.0 Å². The van der Waals surface area contributed by atoms with Gasteiger partial charge >= 0.3 is 0 Å². The number of sulfonamides is 1. The highest BCUT2D eigenvalue weighted by molar-refractivity contribution is 7.88. The number of halogens is 2. The molecule has 0 aliphatic carbocycles. The number of hydrogen-bond donors (Lipinski definition) is 2. The van der Waals surface area contributed by atoms with Crippen LogP contribution in [0.2, 0.25) is 10.0 Å². The Labute approximate surface area is 133 Å². The maximum absolute atomic E-state index is 11.8. The molecule has 0 aliphatic rings. The van der Waals surface area contributed by atoms with Crippen molar-refractivity contribution in [2.24, 2.45) is 0 Å². The molecule has 0 bridgehead atoms. The molecule has 0 aliphatic heterocycles. The van der Waals surface area contributed by atoms with Gasteiger partial charge in [-0.05, 0) is 19.1 Å². The van der Waals surface area contributed by atoms with E-state index in [0.717, 1.165) is 6.26 Å². The zero-order valence-corrected chi connectivity index (χ0v) is 13.8. The summed E-state index contributed by atoms with van der Waals surface area (Å²) in [6, 6.07) is 4.87. The van der Waals surface area contributed by atoms with Gasteiger partial charge in [0.2, 0.25) is 10.0 Å². The lowest BCUT2D eigenvalue weighted by atomic mass is 10.3. The molecule has 1 aromatic carbocycles. The van der Waals surface area contributed by atoms with Crippen molar-refractivity contribution in [3.8, 4) is 5.75 Å². The molecule has 9 heteroatoms. The summed E-state index contributed by atoms with van der Waals surface area (Å²) in [6.45, 7) is 1.81. The van der Waals surface area contributed by atoms with Gasteiger partial charge in [-0.15, -0.1) is 0 Å². The Morgan fingerprint density at radius 2 is 2.00 bits per heavy atom. The molecule has 0 spiro atoms. The van der Waals surface area contributed by atoms with Crippen LogP contribution in [0, 0.1) is 0 Å². The third kappa shape index (κ3) is 6.52. The summed E-state index contributed by atoms with van der Waals surface area (Å²) in [5, 5.41) is 3.11. The van der Waals surface area contributed by atoms with Gasteiger partial charge in [-0.1, -0.05) is 29.3 Å². The molecule has 0 unspecified atom stereocenters. The van der Waals surface area contributed by atoms with Crippen LogP contribution in [-0.2, 0) is 14.8 Å². The minimum absolute atomic E-state index is 0.106. The molecule has 118 valence electrons. The number of amides is 1. The van der Waals surface area contributed by atoms with Crippen LogP contribution in [0.5, 0.6) is 5.75 Å². The molecule has 1 aromatic rings. The predicted octanol–water partition coefficient (Wildman–Crippen LogP) is 1.43. The molecule has 0 aromatic heterocycles. The van der Waals surface area contributed by atoms with Gasteiger partial charge in [-0.2, -0.15) is 0 Å². The highest BCUT2D eigenvalue weighted by Gasteiger charge is 2.16. The normalized spacial score (nSPS) is 12.8. The second-order valence-electron chi connectivity index (χ2n) is 4.27. The number of carbonyl (C=O) groups is 1. The van der Waals surface area contributed by atoms with Gasteiger partial charge in [0.05, 0.1) is 11.3 Å². The molecular formula is C12H16Cl2N2O4S. The number of benzene rings is 1. The quantitative estimate of drug-likeness (QED) is 0.725. The van der Waals surface area contributed by atoms with E-state index in [1.165, 1.54) is 0 Å². The van der Waals surface area contributed by atoms with E-state index < -0.39 is 16.1 Å². The Balaban J connectivity index is 2.46. The Bertz CT molecular complexity index is 607. The molecule has 1 rings (SSSR count). The average molecular weight is 355 g/mol. The molecule has 0 saturated heterocycles. The maximum Gasteiger partial charge on any atom is 0.260 e. The summed E-state index contributed by atoms with van der Waals surface area (Å²) in [7, 11) is -3.27. The Morgan fingerprint density at radius 3 is 2.62 bits per heavy atom. The maximum atomic E-state index is 11.8. The fraction of sp³-hybridized carbons (Fsp3) is 0.417. The van der Waals surface area contributed by atoms with Crippen molar-refractivity contribution in [3.05, 3.63) is 28.2 Å². The standard InChI is InChI=1S/C12H16Cl2N2O4S/c1-8(12(17)15-6-7-16-21(2,18)19)20-10-5-3-4-9(13)11(10)14/h3-5,8,16H,6-7H2,1-2H3,(H,15,17)/t8-/m0/s1. The second-order valence-corrected chi connectivity index (χ2v) is 6.89. The van der Waals surface area contributed by atoms with Crippen LogP contribution in [0.25, 0.3) is 0 Å². The van der Waals surface area contributed by atoms with E-state index in [0.29, 0.717) is 10.8 Å². The zero-order chi connectivity index (χ0) is 16.0. The molecule has 1 amide bonds. The van der Waals surface area contributed by atoms with Crippen LogP contribution in [0.1, 0.15) is 6.92 Å². The van der Waals surface area contributed by atoms with Crippen LogP contribution in [0.3, 0.4) is 0 Å². The van der Waals surface area contributed by atoms with E-state index in [-0.39, 0.29) is 24.0 Å². The lowest BCUT2D eigenvalue weighted by Gasteiger charge is -2.16. The molecule has 0 saturated carbocycles. The monoisotopic (exact) mass is 354 g/mol. The Kier molecular flexibility index (Phi) is 6.73. The molecule has 21 heavy (non-hydrogen) atoms. The minimum Gasteiger partial charge on any atom is -0.479 e. The first-order valence-electron chi connectivity index (χ1n) is 6.03. The minimum atomic E-state index is -3.27. The molecule has 0 radical (unpaired) electrons. The van der Waals surface area contributed by atoms with Gasteiger partial charge in [0.15, 0.2) is 6.10 Å². The van der Waals surface area contributed by atoms with E-state index >= 15 is 0 Å². The topological polar surface area (TPSA) is 84.5 Å². The SMILES string of the molecule is C[C@H](Oc1cccc(Cl)c1Cl)C(=O)NCCNS(C)(=O)=O. The van der Waals surface area contributed by atoms with Crippen LogP contribution in [-0.4, -0.2) is 39.8 Å². The van der Waals surface area contributed by atoms with Crippen molar-refractivity contribution >= 4 is 39.1 Å². The number of ether oxygens (including phenoxy) is 1. The summed E-state index contributed by atoms with van der Waals surface area (Å²) in [6.07, 6.45) is 0.251. The van der Waals surface area contributed by atoms with Crippen LogP contribution < -0.4 is 14.8 Å². The smallest absolute Gasteiger partial charge is 0.260 e. The van der Waals surface area contributed by atoms with E-state index in [1.807, 2.05) is 0 Å². The van der Waals surface area contributed by atoms with E-state index in [9.17, 15) is 13.2 Å². The summed E-state index contributed by atoms with van der Waals surface area (Å²) in [4.78, 5) is 11.8. The Hall–Kier alpha value is -1.02. The fourth-order valence-corrected chi connectivity index (χ4v) is 2.19. The number of hydrogen-bond acceptors (Lipinski definition) is 4. The summed E-state index contributed by atoms with van der Waals surface area (Å²) in [5.41, 5.74) is 0. The summed E-state index contributed by atoms with van der Waals surface area (Å²) < 4.78 is 29.4. The van der Waals surface area contributed by atoms with Gasteiger partial charge in [-0.3, -0.25) is 4.79 Å². The Morgan fingerprint density at radius 1 is 1.33 bits per heavy atom. The third-order valence-electron chi connectivity index (χ3n) is 2.38. The van der Waals surface area contributed by atoms with Crippen LogP contribution in [0.15, 0.2) is 18.2 Å². The molecule has 1 atom stereocenters. The van der Waals surface area contributed by atoms with E-state index in [4.69, 9.17) is 27.9 Å². The highest BCUT2D eigenvalue weighted by Crippen LogP contribution is 2.31. The first-order valence-corrected chi connectivity index (χ1v) is 8.68. The third-order valence-corrected chi connectivity index (χ3v) is 3.91. The van der Waals surface area contributed by atoms with Crippen molar-refractivity contribution < 1.29 is 17.9 Å². The summed E-state index contributed by atoms with van der Waals surface area (Å²) >= 11 is 11.8. The van der Waals surface area contributed by atoms with Gasteiger partial charge < -0.3 is 10.1 Å². The number of nitrogens with one attached hydrogen (secondary N) is 2. The highest BCUT2D eigenvalue weighted by atomic mass is 35.5. The van der Waals surface area contributed by atoms with Gasteiger partial charge in [0, 0.05) is 13.1 Å². The first-order chi connectivity index (χ1) is 9.70. The molecule has 0 fully saturated rings. The average Bonchev–Trinajstić information content (AvgIpc) is 2.38. The fourth-order valence-electron chi connectivity index (χ4n) is 1.38. The second kappa shape index (κ2) is 7.84. The van der Waals surface area contributed by atoms with Gasteiger partial charge in [0.1, 0.15) is 10.8 Å². The predicted molar refractivity (Wildman–Crippen MR) is 82.4 cm³/mol. The van der Waals surface area contributed by atoms with E-state index in [1.54, 1.807) is 25.1 Å². The van der Waals surface area contributed by atoms with Crippen molar-refractivity contribution in [2.75, 3.05) is 19.3 Å². The van der Waals surface area contributed by atoms with Crippen LogP contribution in [0.4, 0.5) is 0 Å². The molecule has 6 nitrogen and oxygen atoms in total. The van der Waals surface area contributed by atoms with Gasteiger partial charge in [-0.25, -0.2) is 13.1 Å². The number of rotatable bonds is 7. The van der Waals surface area contributed by atoms with Crippen molar-refractivity contribution in [1.29, 1.82) is 0 Å². The lowest BCUT2D eigenvalue weighted by Crippen LogP contribution is -2.40. The lowest BCUT2D eigenvalue weighted by molar-refractivity contribution is -0.127. The molecule has 2 N–H and O–H groups in total. The molecule has 0 heterocycles. The number of carbonyl (C=O) groups excluding carboxylic acids is 1. The summed E-state index contributed by atoms with van der Waals surface area (Å²) in [5.74, 6) is -0.0811. The zero-order valence-electron chi connectivity index (χ0n) is 11.5. The van der Waals surface area contributed by atoms with E-state index in [2.05, 4.69) is 10.0 Å². The first kappa shape index (κ1) is 18.0. The van der Waals surface area contributed by atoms with Crippen molar-refractivity contribution in [2.45, 2.75) is 13.0 Å².